The largest absolute Gasteiger partial charge is 0.495 e. The van der Waals surface area contributed by atoms with Gasteiger partial charge in [0.2, 0.25) is 5.91 Å². The van der Waals surface area contributed by atoms with Crippen molar-refractivity contribution in [3.63, 3.8) is 0 Å². The van der Waals surface area contributed by atoms with Gasteiger partial charge in [-0.3, -0.25) is 4.79 Å². The van der Waals surface area contributed by atoms with Crippen molar-refractivity contribution in [1.29, 1.82) is 0 Å². The number of anilines is 1. The van der Waals surface area contributed by atoms with Crippen LogP contribution in [0.4, 0.5) is 5.69 Å². The molecule has 1 aliphatic rings. The molecule has 5 nitrogen and oxygen atoms in total. The van der Waals surface area contributed by atoms with Crippen LogP contribution in [0.2, 0.25) is 0 Å². The molecule has 0 saturated carbocycles. The highest BCUT2D eigenvalue weighted by Gasteiger charge is 2.22. The van der Waals surface area contributed by atoms with Gasteiger partial charge in [-0.1, -0.05) is 24.3 Å². The fourth-order valence-corrected chi connectivity index (χ4v) is 3.08. The molecule has 132 valence electrons. The monoisotopic (exact) mass is 340 g/mol. The Kier molecular flexibility index (Phi) is 5.24. The van der Waals surface area contributed by atoms with Gasteiger partial charge in [-0.2, -0.15) is 0 Å². The van der Waals surface area contributed by atoms with E-state index >= 15 is 0 Å². The van der Waals surface area contributed by atoms with Crippen LogP contribution in [0.5, 0.6) is 11.5 Å². The number of nitrogens with one attached hydrogen (secondary N) is 2. The number of carbonyl (C=O) groups is 1. The van der Waals surface area contributed by atoms with E-state index in [9.17, 15) is 4.79 Å². The lowest BCUT2D eigenvalue weighted by Crippen LogP contribution is -2.31. The highest BCUT2D eigenvalue weighted by Crippen LogP contribution is 2.30. The van der Waals surface area contributed by atoms with Crippen molar-refractivity contribution in [2.24, 2.45) is 0 Å². The molecule has 1 amide bonds. The second-order valence-electron chi connectivity index (χ2n) is 6.32. The molecule has 0 saturated heterocycles. The third-order valence-corrected chi connectivity index (χ3v) is 4.40. The highest BCUT2D eigenvalue weighted by molar-refractivity contribution is 5.90. The van der Waals surface area contributed by atoms with Gasteiger partial charge in [-0.15, -0.1) is 0 Å². The van der Waals surface area contributed by atoms with Crippen molar-refractivity contribution in [3.8, 4) is 11.5 Å². The minimum Gasteiger partial charge on any atom is -0.495 e. The van der Waals surface area contributed by atoms with E-state index in [1.165, 1.54) is 12.5 Å². The summed E-state index contributed by atoms with van der Waals surface area (Å²) in [7, 11) is 1.59. The van der Waals surface area contributed by atoms with Gasteiger partial charge >= 0.3 is 0 Å². The zero-order valence-electron chi connectivity index (χ0n) is 14.8. The number of fused-ring (bicyclic) bond motifs is 1. The van der Waals surface area contributed by atoms with Crippen LogP contribution in [0.15, 0.2) is 42.5 Å². The van der Waals surface area contributed by atoms with Gasteiger partial charge < -0.3 is 20.1 Å². The molecule has 2 aromatic carbocycles. The van der Waals surface area contributed by atoms with Crippen LogP contribution in [0.1, 0.15) is 31.0 Å². The predicted molar refractivity (Wildman–Crippen MR) is 98.3 cm³/mol. The Balaban J connectivity index is 1.62. The molecule has 1 heterocycles. The standard InChI is InChI=1S/C20H24N2O3/c1-13(15-8-9-20(24-3)18(11-15)22-14(2)23)21-12-17-10-16-6-4-5-7-19(16)25-17/h4-9,11,13,17,21H,10,12H2,1-3H3,(H,22,23)/t13-,17-/m0/s1. The van der Waals surface area contributed by atoms with E-state index in [-0.39, 0.29) is 18.1 Å². The van der Waals surface area contributed by atoms with Gasteiger partial charge in [0, 0.05) is 25.9 Å². The Morgan fingerprint density at radius 1 is 1.32 bits per heavy atom. The average molecular weight is 340 g/mol. The molecule has 0 aliphatic carbocycles. The van der Waals surface area contributed by atoms with Crippen LogP contribution >= 0.6 is 0 Å². The van der Waals surface area contributed by atoms with Crippen molar-refractivity contribution in [2.75, 3.05) is 19.0 Å². The van der Waals surface area contributed by atoms with Crippen LogP contribution in [-0.2, 0) is 11.2 Å². The fourth-order valence-electron chi connectivity index (χ4n) is 3.08. The van der Waals surface area contributed by atoms with Gasteiger partial charge in [-0.05, 0) is 36.2 Å². The van der Waals surface area contributed by atoms with Crippen molar-refractivity contribution in [1.82, 2.24) is 5.32 Å². The summed E-state index contributed by atoms with van der Waals surface area (Å²) >= 11 is 0. The van der Waals surface area contributed by atoms with Gasteiger partial charge in [0.25, 0.3) is 0 Å². The molecule has 1 aliphatic heterocycles. The summed E-state index contributed by atoms with van der Waals surface area (Å²) in [6.07, 6.45) is 1.07. The molecule has 5 heteroatoms. The van der Waals surface area contributed by atoms with E-state index in [4.69, 9.17) is 9.47 Å². The molecule has 0 fully saturated rings. The van der Waals surface area contributed by atoms with Crippen molar-refractivity contribution >= 4 is 11.6 Å². The fraction of sp³-hybridized carbons (Fsp3) is 0.350. The molecule has 2 aromatic rings. The van der Waals surface area contributed by atoms with E-state index in [2.05, 4.69) is 23.6 Å². The number of methoxy groups -OCH3 is 1. The third kappa shape index (κ3) is 4.12. The van der Waals surface area contributed by atoms with Crippen molar-refractivity contribution in [2.45, 2.75) is 32.4 Å². The summed E-state index contributed by atoms with van der Waals surface area (Å²) in [6, 6.07) is 14.1. The lowest BCUT2D eigenvalue weighted by atomic mass is 10.1. The van der Waals surface area contributed by atoms with Gasteiger partial charge in [0.05, 0.1) is 12.8 Å². The van der Waals surface area contributed by atoms with E-state index < -0.39 is 0 Å². The SMILES string of the molecule is COc1ccc([C@H](C)NC[C@@H]2Cc3ccccc3O2)cc1NC(C)=O. The first-order chi connectivity index (χ1) is 12.1. The lowest BCUT2D eigenvalue weighted by molar-refractivity contribution is -0.114. The summed E-state index contributed by atoms with van der Waals surface area (Å²) in [4.78, 5) is 11.4. The van der Waals surface area contributed by atoms with Crippen molar-refractivity contribution < 1.29 is 14.3 Å². The topological polar surface area (TPSA) is 59.6 Å². The Hall–Kier alpha value is -2.53. The predicted octanol–water partition coefficient (Wildman–Crippen LogP) is 3.31. The van der Waals surface area contributed by atoms with Gasteiger partial charge in [0.15, 0.2) is 0 Å². The molecular formula is C20H24N2O3. The number of ether oxygens (including phenoxy) is 2. The first-order valence-electron chi connectivity index (χ1n) is 8.50. The lowest BCUT2D eigenvalue weighted by Gasteiger charge is -2.19. The maximum absolute atomic E-state index is 11.4. The maximum Gasteiger partial charge on any atom is 0.221 e. The Bertz CT molecular complexity index is 735. The van der Waals surface area contributed by atoms with Crippen LogP contribution in [0, 0.1) is 0 Å². The highest BCUT2D eigenvalue weighted by atomic mass is 16.5. The second-order valence-corrected chi connectivity index (χ2v) is 6.32. The first-order valence-corrected chi connectivity index (χ1v) is 8.50. The molecule has 0 unspecified atom stereocenters. The Morgan fingerprint density at radius 2 is 2.12 bits per heavy atom. The molecule has 0 radical (unpaired) electrons. The third-order valence-electron chi connectivity index (χ3n) is 4.40. The summed E-state index contributed by atoms with van der Waals surface area (Å²) < 4.78 is 11.3. The molecule has 2 atom stereocenters. The van der Waals surface area contributed by atoms with Gasteiger partial charge in [0.1, 0.15) is 17.6 Å². The Morgan fingerprint density at radius 3 is 2.84 bits per heavy atom. The molecule has 0 aromatic heterocycles. The van der Waals surface area contributed by atoms with Gasteiger partial charge in [-0.25, -0.2) is 0 Å². The number of para-hydroxylation sites is 1. The smallest absolute Gasteiger partial charge is 0.221 e. The van der Waals surface area contributed by atoms with E-state index in [1.807, 2.05) is 36.4 Å². The first kappa shape index (κ1) is 17.3. The molecule has 25 heavy (non-hydrogen) atoms. The molecule has 2 N–H and O–H groups in total. The van der Waals surface area contributed by atoms with E-state index in [1.54, 1.807) is 7.11 Å². The summed E-state index contributed by atoms with van der Waals surface area (Å²) in [5.41, 5.74) is 3.03. The Labute approximate surface area is 148 Å². The van der Waals surface area contributed by atoms with E-state index in [0.717, 1.165) is 24.3 Å². The molecule has 0 spiro atoms. The zero-order valence-corrected chi connectivity index (χ0v) is 14.8. The molecule has 3 rings (SSSR count). The number of carbonyl (C=O) groups excluding carboxylic acids is 1. The second kappa shape index (κ2) is 7.57. The average Bonchev–Trinajstić information content (AvgIpc) is 3.02. The van der Waals surface area contributed by atoms with Crippen LogP contribution in [0.25, 0.3) is 0 Å². The van der Waals surface area contributed by atoms with Crippen LogP contribution in [0.3, 0.4) is 0 Å². The number of hydrogen-bond donors (Lipinski definition) is 2. The number of amides is 1. The zero-order chi connectivity index (χ0) is 17.8. The summed E-state index contributed by atoms with van der Waals surface area (Å²) in [6.45, 7) is 4.35. The molecule has 0 bridgehead atoms. The number of hydrogen-bond acceptors (Lipinski definition) is 4. The minimum atomic E-state index is -0.117. The normalized spacial score (nSPS) is 16.7. The quantitative estimate of drug-likeness (QED) is 0.847. The number of benzene rings is 2. The maximum atomic E-state index is 11.4. The van der Waals surface area contributed by atoms with Crippen molar-refractivity contribution in [3.05, 3.63) is 53.6 Å². The summed E-state index contributed by atoms with van der Waals surface area (Å²) in [5.74, 6) is 1.52. The van der Waals surface area contributed by atoms with Crippen LogP contribution in [-0.4, -0.2) is 25.7 Å². The number of rotatable bonds is 6. The van der Waals surface area contributed by atoms with E-state index in [0.29, 0.717) is 11.4 Å². The van der Waals surface area contributed by atoms with Crippen LogP contribution < -0.4 is 20.1 Å². The molecular weight excluding hydrogens is 316 g/mol. The summed E-state index contributed by atoms with van der Waals surface area (Å²) in [5, 5.41) is 6.33. The minimum absolute atomic E-state index is 0.117.